The van der Waals surface area contributed by atoms with E-state index in [4.69, 9.17) is 0 Å². The Bertz CT molecular complexity index is 524. The van der Waals surface area contributed by atoms with Crippen molar-refractivity contribution in [2.24, 2.45) is 0 Å². The van der Waals surface area contributed by atoms with Gasteiger partial charge in [0.05, 0.1) is 11.7 Å². The molecule has 0 fully saturated rings. The van der Waals surface area contributed by atoms with Gasteiger partial charge in [0.2, 0.25) is 0 Å². The molecular weight excluding hydrogens is 280 g/mol. The SMILES string of the molecule is CCCc1nnsc1C(=O)N[C@H](CC)c1nccs1. The third-order valence-electron chi connectivity index (χ3n) is 2.71. The Morgan fingerprint density at radius 1 is 1.47 bits per heavy atom. The summed E-state index contributed by atoms with van der Waals surface area (Å²) in [4.78, 5) is 17.1. The zero-order valence-electron chi connectivity index (χ0n) is 10.9. The Balaban J connectivity index is 2.09. The fourth-order valence-electron chi connectivity index (χ4n) is 1.75. The van der Waals surface area contributed by atoms with Crippen molar-refractivity contribution in [3.8, 4) is 0 Å². The van der Waals surface area contributed by atoms with Crippen molar-refractivity contribution in [1.82, 2.24) is 19.9 Å². The highest BCUT2D eigenvalue weighted by Crippen LogP contribution is 2.20. The molecule has 2 aromatic rings. The molecule has 0 unspecified atom stereocenters. The van der Waals surface area contributed by atoms with Gasteiger partial charge >= 0.3 is 0 Å². The molecule has 0 bridgehead atoms. The van der Waals surface area contributed by atoms with E-state index in [0.717, 1.165) is 41.5 Å². The smallest absolute Gasteiger partial charge is 0.265 e. The van der Waals surface area contributed by atoms with Gasteiger partial charge < -0.3 is 5.32 Å². The fraction of sp³-hybridized carbons (Fsp3) is 0.500. The molecule has 0 saturated carbocycles. The zero-order valence-corrected chi connectivity index (χ0v) is 12.6. The number of aryl methyl sites for hydroxylation is 1. The van der Waals surface area contributed by atoms with Crippen LogP contribution >= 0.6 is 22.9 Å². The number of carbonyl (C=O) groups excluding carboxylic acids is 1. The fourth-order valence-corrected chi connectivity index (χ4v) is 3.13. The number of nitrogens with one attached hydrogen (secondary N) is 1. The van der Waals surface area contributed by atoms with Crippen molar-refractivity contribution in [2.45, 2.75) is 39.2 Å². The van der Waals surface area contributed by atoms with E-state index in [0.29, 0.717) is 4.88 Å². The third kappa shape index (κ3) is 3.36. The first kappa shape index (κ1) is 14.1. The van der Waals surface area contributed by atoms with Gasteiger partial charge in [-0.1, -0.05) is 24.8 Å². The molecule has 2 aromatic heterocycles. The van der Waals surface area contributed by atoms with Crippen LogP contribution < -0.4 is 5.32 Å². The summed E-state index contributed by atoms with van der Waals surface area (Å²) in [5.41, 5.74) is 0.791. The van der Waals surface area contributed by atoms with Crippen LogP contribution in [0.2, 0.25) is 0 Å². The van der Waals surface area contributed by atoms with Gasteiger partial charge in [0.1, 0.15) is 9.88 Å². The maximum absolute atomic E-state index is 12.3. The number of rotatable bonds is 6. The molecule has 7 heteroatoms. The third-order valence-corrected chi connectivity index (χ3v) is 4.37. The van der Waals surface area contributed by atoms with Crippen LogP contribution in [-0.2, 0) is 6.42 Å². The Kier molecular flexibility index (Phi) is 4.98. The lowest BCUT2D eigenvalue weighted by Gasteiger charge is -2.13. The minimum atomic E-state index is -0.0968. The van der Waals surface area contributed by atoms with E-state index >= 15 is 0 Å². The van der Waals surface area contributed by atoms with Crippen LogP contribution in [0.15, 0.2) is 11.6 Å². The topological polar surface area (TPSA) is 67.8 Å². The first-order valence-corrected chi connectivity index (χ1v) is 7.93. The molecular formula is C12H16N4OS2. The molecule has 102 valence electrons. The first-order chi connectivity index (χ1) is 9.26. The van der Waals surface area contributed by atoms with E-state index < -0.39 is 0 Å². The van der Waals surface area contributed by atoms with Crippen LogP contribution in [0.25, 0.3) is 0 Å². The van der Waals surface area contributed by atoms with E-state index in [1.807, 2.05) is 12.3 Å². The number of hydrogen-bond donors (Lipinski definition) is 1. The average Bonchev–Trinajstić information content (AvgIpc) is 3.06. The summed E-state index contributed by atoms with van der Waals surface area (Å²) in [7, 11) is 0. The Morgan fingerprint density at radius 2 is 2.32 bits per heavy atom. The van der Waals surface area contributed by atoms with Gasteiger partial charge in [-0.25, -0.2) is 4.98 Å². The summed E-state index contributed by atoms with van der Waals surface area (Å²) in [6.07, 6.45) is 4.31. The van der Waals surface area contributed by atoms with Gasteiger partial charge in [0.25, 0.3) is 5.91 Å². The summed E-state index contributed by atoms with van der Waals surface area (Å²) in [5.74, 6) is -0.0968. The van der Waals surface area contributed by atoms with E-state index in [-0.39, 0.29) is 11.9 Å². The monoisotopic (exact) mass is 296 g/mol. The molecule has 0 radical (unpaired) electrons. The quantitative estimate of drug-likeness (QED) is 0.890. The van der Waals surface area contributed by atoms with Gasteiger partial charge in [0.15, 0.2) is 0 Å². The number of thiazole rings is 1. The van der Waals surface area contributed by atoms with Crippen LogP contribution in [-0.4, -0.2) is 20.5 Å². The highest BCUT2D eigenvalue weighted by molar-refractivity contribution is 7.09. The van der Waals surface area contributed by atoms with Crippen molar-refractivity contribution >= 4 is 28.8 Å². The molecule has 0 aromatic carbocycles. The summed E-state index contributed by atoms with van der Waals surface area (Å²) >= 11 is 2.71. The molecule has 0 aliphatic carbocycles. The molecule has 1 amide bonds. The van der Waals surface area contributed by atoms with E-state index in [9.17, 15) is 4.79 Å². The van der Waals surface area contributed by atoms with Crippen LogP contribution in [0.3, 0.4) is 0 Å². The Morgan fingerprint density at radius 3 is 2.95 bits per heavy atom. The van der Waals surface area contributed by atoms with Crippen molar-refractivity contribution in [1.29, 1.82) is 0 Å². The summed E-state index contributed by atoms with van der Waals surface area (Å²) in [5, 5.41) is 9.88. The molecule has 0 spiro atoms. The predicted octanol–water partition coefficient (Wildman–Crippen LogP) is 2.83. The van der Waals surface area contributed by atoms with Crippen molar-refractivity contribution in [3.05, 3.63) is 27.2 Å². The van der Waals surface area contributed by atoms with Gasteiger partial charge in [-0.15, -0.1) is 16.4 Å². The maximum Gasteiger partial charge on any atom is 0.265 e. The summed E-state index contributed by atoms with van der Waals surface area (Å²) in [6, 6.07) is -0.0379. The van der Waals surface area contributed by atoms with Gasteiger partial charge in [-0.05, 0) is 24.4 Å². The van der Waals surface area contributed by atoms with Gasteiger partial charge in [-0.2, -0.15) is 0 Å². The predicted molar refractivity (Wildman–Crippen MR) is 76.5 cm³/mol. The molecule has 1 atom stereocenters. The second-order valence-electron chi connectivity index (χ2n) is 4.10. The largest absolute Gasteiger partial charge is 0.342 e. The normalized spacial score (nSPS) is 12.3. The second-order valence-corrected chi connectivity index (χ2v) is 5.78. The molecule has 0 saturated heterocycles. The highest BCUT2D eigenvalue weighted by Gasteiger charge is 2.20. The van der Waals surface area contributed by atoms with Gasteiger partial charge in [0, 0.05) is 11.6 Å². The Hall–Kier alpha value is -1.34. The number of nitrogens with zero attached hydrogens (tertiary/aromatic N) is 3. The number of amides is 1. The van der Waals surface area contributed by atoms with E-state index in [1.54, 1.807) is 17.5 Å². The van der Waals surface area contributed by atoms with E-state index in [2.05, 4.69) is 26.8 Å². The average molecular weight is 296 g/mol. The van der Waals surface area contributed by atoms with E-state index in [1.165, 1.54) is 0 Å². The molecule has 2 rings (SSSR count). The minimum absolute atomic E-state index is 0.0379. The van der Waals surface area contributed by atoms with Gasteiger partial charge in [-0.3, -0.25) is 4.79 Å². The second kappa shape index (κ2) is 6.72. The van der Waals surface area contributed by atoms with Crippen LogP contribution in [0.1, 0.15) is 53.1 Å². The standard InChI is InChI=1S/C12H16N4OS2/c1-3-5-9-10(19-16-15-9)11(17)14-8(4-2)12-13-6-7-18-12/h6-8H,3-5H2,1-2H3,(H,14,17)/t8-/m1/s1. The minimum Gasteiger partial charge on any atom is -0.342 e. The lowest BCUT2D eigenvalue weighted by molar-refractivity contribution is 0.0938. The zero-order chi connectivity index (χ0) is 13.7. The highest BCUT2D eigenvalue weighted by atomic mass is 32.1. The van der Waals surface area contributed by atoms with Crippen LogP contribution in [0.5, 0.6) is 0 Å². The lowest BCUT2D eigenvalue weighted by atomic mass is 10.2. The first-order valence-electron chi connectivity index (χ1n) is 6.27. The van der Waals surface area contributed by atoms with Crippen LogP contribution in [0.4, 0.5) is 0 Å². The lowest BCUT2D eigenvalue weighted by Crippen LogP contribution is -2.28. The molecule has 2 heterocycles. The molecule has 1 N–H and O–H groups in total. The molecule has 0 aliphatic heterocycles. The number of aromatic nitrogens is 3. The van der Waals surface area contributed by atoms with Crippen molar-refractivity contribution in [2.75, 3.05) is 0 Å². The summed E-state index contributed by atoms with van der Waals surface area (Å²) < 4.78 is 3.88. The molecule has 0 aliphatic rings. The van der Waals surface area contributed by atoms with Crippen LogP contribution in [0, 0.1) is 0 Å². The van der Waals surface area contributed by atoms with Crippen molar-refractivity contribution in [3.63, 3.8) is 0 Å². The Labute approximate surface area is 120 Å². The number of carbonyl (C=O) groups is 1. The number of hydrogen-bond acceptors (Lipinski definition) is 6. The molecule has 19 heavy (non-hydrogen) atoms. The maximum atomic E-state index is 12.3. The molecule has 5 nitrogen and oxygen atoms in total. The van der Waals surface area contributed by atoms with Crippen molar-refractivity contribution < 1.29 is 4.79 Å². The summed E-state index contributed by atoms with van der Waals surface area (Å²) in [6.45, 7) is 4.09.